The highest BCUT2D eigenvalue weighted by Gasteiger charge is 1.96. The van der Waals surface area contributed by atoms with Crippen molar-refractivity contribution in [2.75, 3.05) is 45.4 Å². The number of anilines is 1. The van der Waals surface area contributed by atoms with E-state index in [1.165, 1.54) is 11.3 Å². The Balaban J connectivity index is 0.00000289. The highest BCUT2D eigenvalue weighted by atomic mass is 35.5. The summed E-state index contributed by atoms with van der Waals surface area (Å²) in [6.07, 6.45) is 0. The summed E-state index contributed by atoms with van der Waals surface area (Å²) < 4.78 is 5.15. The van der Waals surface area contributed by atoms with Crippen LogP contribution in [0.4, 0.5) is 5.69 Å². The first-order valence-electron chi connectivity index (χ1n) is 5.89. The van der Waals surface area contributed by atoms with Crippen LogP contribution < -0.4 is 10.2 Å². The van der Waals surface area contributed by atoms with Crippen molar-refractivity contribution in [3.05, 3.63) is 29.8 Å². The van der Waals surface area contributed by atoms with Crippen molar-refractivity contribution in [1.82, 2.24) is 5.32 Å². The van der Waals surface area contributed by atoms with Crippen molar-refractivity contribution >= 4 is 18.1 Å². The molecule has 0 heterocycles. The van der Waals surface area contributed by atoms with E-state index in [1.54, 1.807) is 0 Å². The molecule has 2 N–H and O–H groups in total. The van der Waals surface area contributed by atoms with Gasteiger partial charge in [-0.3, -0.25) is 0 Å². The van der Waals surface area contributed by atoms with Gasteiger partial charge in [-0.05, 0) is 17.7 Å². The second-order valence-corrected chi connectivity index (χ2v) is 4.07. The lowest BCUT2D eigenvalue weighted by atomic mass is 10.2. The number of hydrogen-bond donors (Lipinski definition) is 2. The van der Waals surface area contributed by atoms with Crippen LogP contribution in [0.5, 0.6) is 0 Å². The Bertz CT molecular complexity index is 304. The molecular weight excluding hydrogens is 252 g/mol. The number of nitrogens with zero attached hydrogens (tertiary/aromatic N) is 1. The number of hydrogen-bond acceptors (Lipinski definition) is 4. The largest absolute Gasteiger partial charge is 0.394 e. The predicted octanol–water partition coefficient (Wildman–Crippen LogP) is 1.27. The van der Waals surface area contributed by atoms with Gasteiger partial charge in [-0.15, -0.1) is 12.4 Å². The molecule has 0 spiro atoms. The molecule has 0 aliphatic carbocycles. The van der Waals surface area contributed by atoms with E-state index in [9.17, 15) is 0 Å². The molecule has 1 rings (SSSR count). The third-order valence-corrected chi connectivity index (χ3v) is 2.44. The fourth-order valence-electron chi connectivity index (χ4n) is 1.46. The predicted molar refractivity (Wildman–Crippen MR) is 77.6 cm³/mol. The van der Waals surface area contributed by atoms with Crippen LogP contribution in [-0.2, 0) is 11.3 Å². The van der Waals surface area contributed by atoms with Gasteiger partial charge in [0.25, 0.3) is 0 Å². The second kappa shape index (κ2) is 10.1. The Morgan fingerprint density at radius 3 is 2.39 bits per heavy atom. The zero-order valence-electron chi connectivity index (χ0n) is 11.1. The second-order valence-electron chi connectivity index (χ2n) is 4.07. The summed E-state index contributed by atoms with van der Waals surface area (Å²) in [7, 11) is 4.07. The Hall–Kier alpha value is -0.810. The van der Waals surface area contributed by atoms with Crippen molar-refractivity contribution < 1.29 is 9.84 Å². The Morgan fingerprint density at radius 2 is 1.83 bits per heavy atom. The molecule has 0 fully saturated rings. The van der Waals surface area contributed by atoms with E-state index in [-0.39, 0.29) is 19.0 Å². The summed E-state index contributed by atoms with van der Waals surface area (Å²) in [5.74, 6) is 0. The maximum absolute atomic E-state index is 8.52. The Kier molecular flexibility index (Phi) is 9.69. The van der Waals surface area contributed by atoms with Crippen molar-refractivity contribution in [3.63, 3.8) is 0 Å². The lowest BCUT2D eigenvalue weighted by Gasteiger charge is -2.12. The van der Waals surface area contributed by atoms with Gasteiger partial charge in [0.05, 0.1) is 19.8 Å². The third-order valence-electron chi connectivity index (χ3n) is 2.44. The summed E-state index contributed by atoms with van der Waals surface area (Å²) in [6, 6.07) is 8.46. The minimum atomic E-state index is 0. The van der Waals surface area contributed by atoms with Crippen molar-refractivity contribution in [2.45, 2.75) is 6.54 Å². The van der Waals surface area contributed by atoms with Crippen LogP contribution >= 0.6 is 12.4 Å². The molecule has 1 aromatic carbocycles. The van der Waals surface area contributed by atoms with Gasteiger partial charge in [0.2, 0.25) is 0 Å². The molecule has 0 radical (unpaired) electrons. The lowest BCUT2D eigenvalue weighted by molar-refractivity contribution is 0.0938. The molecule has 0 aliphatic rings. The number of halogens is 1. The number of ether oxygens (including phenoxy) is 1. The summed E-state index contributed by atoms with van der Waals surface area (Å²) in [6.45, 7) is 2.78. The minimum Gasteiger partial charge on any atom is -0.394 e. The molecule has 0 amide bonds. The van der Waals surface area contributed by atoms with Gasteiger partial charge in [-0.2, -0.15) is 0 Å². The van der Waals surface area contributed by atoms with Crippen LogP contribution in [0.1, 0.15) is 5.56 Å². The van der Waals surface area contributed by atoms with Crippen LogP contribution in [0, 0.1) is 0 Å². The molecule has 5 heteroatoms. The quantitative estimate of drug-likeness (QED) is 0.701. The van der Waals surface area contributed by atoms with E-state index in [1.807, 2.05) is 14.1 Å². The standard InChI is InChI=1S/C13H22N2O2.ClH/c1-15(2)13-5-3-12(4-6-13)11-14-7-9-17-10-8-16;/h3-6,14,16H,7-11H2,1-2H3;1H. The topological polar surface area (TPSA) is 44.7 Å². The van der Waals surface area contributed by atoms with Gasteiger partial charge >= 0.3 is 0 Å². The minimum absolute atomic E-state index is 0. The highest BCUT2D eigenvalue weighted by Crippen LogP contribution is 2.11. The Morgan fingerprint density at radius 1 is 1.17 bits per heavy atom. The average molecular weight is 275 g/mol. The number of benzene rings is 1. The van der Waals surface area contributed by atoms with Gasteiger partial charge in [-0.1, -0.05) is 12.1 Å². The molecule has 0 aliphatic heterocycles. The maximum Gasteiger partial charge on any atom is 0.0698 e. The van der Waals surface area contributed by atoms with Gasteiger partial charge in [0.15, 0.2) is 0 Å². The van der Waals surface area contributed by atoms with E-state index in [4.69, 9.17) is 9.84 Å². The van der Waals surface area contributed by atoms with Crippen molar-refractivity contribution in [2.24, 2.45) is 0 Å². The first-order chi connectivity index (χ1) is 8.24. The molecule has 104 valence electrons. The molecular formula is C13H23ClN2O2. The van der Waals surface area contributed by atoms with Gasteiger partial charge in [0.1, 0.15) is 0 Å². The molecule has 18 heavy (non-hydrogen) atoms. The lowest BCUT2D eigenvalue weighted by Crippen LogP contribution is -2.20. The number of rotatable bonds is 8. The third kappa shape index (κ3) is 6.81. The first-order valence-corrected chi connectivity index (χ1v) is 5.89. The van der Waals surface area contributed by atoms with Gasteiger partial charge in [-0.25, -0.2) is 0 Å². The van der Waals surface area contributed by atoms with E-state index >= 15 is 0 Å². The highest BCUT2D eigenvalue weighted by molar-refractivity contribution is 5.85. The monoisotopic (exact) mass is 274 g/mol. The van der Waals surface area contributed by atoms with Crippen molar-refractivity contribution in [3.8, 4) is 0 Å². The summed E-state index contributed by atoms with van der Waals surface area (Å²) in [5, 5.41) is 11.8. The molecule has 4 nitrogen and oxygen atoms in total. The number of aliphatic hydroxyl groups excluding tert-OH is 1. The molecule has 0 atom stereocenters. The molecule has 0 unspecified atom stereocenters. The van der Waals surface area contributed by atoms with Crippen LogP contribution in [0.3, 0.4) is 0 Å². The molecule has 0 saturated carbocycles. The fraction of sp³-hybridized carbons (Fsp3) is 0.538. The van der Waals surface area contributed by atoms with E-state index < -0.39 is 0 Å². The van der Waals surface area contributed by atoms with Crippen LogP contribution in [0.15, 0.2) is 24.3 Å². The van der Waals surface area contributed by atoms with Gasteiger partial charge in [0, 0.05) is 32.9 Å². The zero-order chi connectivity index (χ0) is 12.5. The molecule has 0 aromatic heterocycles. The molecule has 0 saturated heterocycles. The summed E-state index contributed by atoms with van der Waals surface area (Å²) in [4.78, 5) is 2.08. The van der Waals surface area contributed by atoms with Crippen LogP contribution in [-0.4, -0.2) is 45.6 Å². The molecule has 0 bridgehead atoms. The van der Waals surface area contributed by atoms with Gasteiger partial charge < -0.3 is 20.1 Å². The Labute approximate surface area is 115 Å². The van der Waals surface area contributed by atoms with Crippen molar-refractivity contribution in [1.29, 1.82) is 0 Å². The summed E-state index contributed by atoms with van der Waals surface area (Å²) >= 11 is 0. The zero-order valence-corrected chi connectivity index (χ0v) is 11.9. The maximum atomic E-state index is 8.52. The van der Waals surface area contributed by atoms with Crippen LogP contribution in [0.2, 0.25) is 0 Å². The SMILES string of the molecule is CN(C)c1ccc(CNCCOCCO)cc1.Cl. The molecule has 1 aromatic rings. The summed E-state index contributed by atoms with van der Waals surface area (Å²) in [5.41, 5.74) is 2.47. The normalized spacial score (nSPS) is 9.94. The first kappa shape index (κ1) is 17.2. The number of nitrogens with one attached hydrogen (secondary N) is 1. The number of aliphatic hydroxyl groups is 1. The van der Waals surface area contributed by atoms with Crippen LogP contribution in [0.25, 0.3) is 0 Å². The average Bonchev–Trinajstić information content (AvgIpc) is 2.34. The fourth-order valence-corrected chi connectivity index (χ4v) is 1.46. The van der Waals surface area contributed by atoms with E-state index in [0.29, 0.717) is 13.2 Å². The smallest absolute Gasteiger partial charge is 0.0698 e. The van der Waals surface area contributed by atoms with E-state index in [0.717, 1.165) is 13.1 Å². The van der Waals surface area contributed by atoms with E-state index in [2.05, 4.69) is 34.5 Å².